The van der Waals surface area contributed by atoms with E-state index in [4.69, 9.17) is 15.2 Å². The van der Waals surface area contributed by atoms with Crippen LogP contribution in [0.25, 0.3) is 0 Å². The number of ether oxygens (including phenoxy) is 2. The molecule has 1 aromatic rings. The Bertz CT molecular complexity index is 476. The molecule has 104 valence electrons. The molecule has 1 fully saturated rings. The van der Waals surface area contributed by atoms with Crippen LogP contribution in [0.5, 0.6) is 0 Å². The van der Waals surface area contributed by atoms with E-state index in [0.29, 0.717) is 18.8 Å². The van der Waals surface area contributed by atoms with Crippen LogP contribution in [0, 0.1) is 6.92 Å². The fourth-order valence-electron chi connectivity index (χ4n) is 1.97. The fraction of sp³-hybridized carbons (Fsp3) is 0.500. The summed E-state index contributed by atoms with van der Waals surface area (Å²) < 4.78 is 11.2. The summed E-state index contributed by atoms with van der Waals surface area (Å²) in [5.74, 6) is -0.927. The molecule has 5 heteroatoms. The predicted octanol–water partition coefficient (Wildman–Crippen LogP) is 1.66. The third kappa shape index (κ3) is 3.45. The number of benzene rings is 1. The molecule has 1 aliphatic heterocycles. The van der Waals surface area contributed by atoms with Gasteiger partial charge in [-0.25, -0.2) is 0 Å². The van der Waals surface area contributed by atoms with Crippen molar-refractivity contribution >= 4 is 11.6 Å². The Hall–Kier alpha value is -1.59. The van der Waals surface area contributed by atoms with Crippen LogP contribution in [0.1, 0.15) is 29.8 Å². The molecule has 0 unspecified atom stereocenters. The van der Waals surface area contributed by atoms with Crippen molar-refractivity contribution in [3.63, 3.8) is 0 Å². The first-order chi connectivity index (χ1) is 8.87. The zero-order valence-corrected chi connectivity index (χ0v) is 11.5. The van der Waals surface area contributed by atoms with E-state index in [0.717, 1.165) is 11.3 Å². The van der Waals surface area contributed by atoms with Crippen LogP contribution in [-0.2, 0) is 9.47 Å². The third-order valence-electron chi connectivity index (χ3n) is 3.13. The molecule has 1 aliphatic rings. The van der Waals surface area contributed by atoms with Gasteiger partial charge in [-0.1, -0.05) is 0 Å². The number of hydrogen-bond donors (Lipinski definition) is 2. The van der Waals surface area contributed by atoms with Gasteiger partial charge in [0.1, 0.15) is 0 Å². The number of nitrogens with one attached hydrogen (secondary N) is 1. The summed E-state index contributed by atoms with van der Waals surface area (Å²) in [5.41, 5.74) is 7.70. The summed E-state index contributed by atoms with van der Waals surface area (Å²) in [6.07, 6.45) is 0. The molecule has 0 spiro atoms. The van der Waals surface area contributed by atoms with Crippen LogP contribution in [-0.4, -0.2) is 30.9 Å². The minimum absolute atomic E-state index is 0.103. The van der Waals surface area contributed by atoms with Crippen molar-refractivity contribution in [2.75, 3.05) is 18.5 Å². The van der Waals surface area contributed by atoms with Crippen LogP contribution in [0.3, 0.4) is 0 Å². The Morgan fingerprint density at radius 1 is 1.37 bits per heavy atom. The van der Waals surface area contributed by atoms with Crippen LogP contribution >= 0.6 is 0 Å². The van der Waals surface area contributed by atoms with E-state index in [2.05, 4.69) is 5.32 Å². The van der Waals surface area contributed by atoms with Gasteiger partial charge in [-0.15, -0.1) is 0 Å². The summed E-state index contributed by atoms with van der Waals surface area (Å²) >= 11 is 0. The molecule has 1 amide bonds. The Kier molecular flexibility index (Phi) is 3.78. The minimum Gasteiger partial charge on any atom is -0.377 e. The molecule has 0 atom stereocenters. The highest BCUT2D eigenvalue weighted by Gasteiger charge is 2.28. The predicted molar refractivity (Wildman–Crippen MR) is 73.1 cm³/mol. The van der Waals surface area contributed by atoms with Gasteiger partial charge in [-0.2, -0.15) is 0 Å². The largest absolute Gasteiger partial charge is 0.377 e. The second-order valence-electron chi connectivity index (χ2n) is 5.26. The molecule has 0 aliphatic carbocycles. The maximum atomic E-state index is 11.1. The summed E-state index contributed by atoms with van der Waals surface area (Å²) in [4.78, 5) is 11.1. The Balaban J connectivity index is 2.02. The van der Waals surface area contributed by atoms with E-state index < -0.39 is 11.7 Å². The number of amides is 1. The number of carbonyl (C=O) groups excluding carboxylic acids is 1. The molecule has 0 saturated carbocycles. The molecular formula is C14H20N2O3. The van der Waals surface area contributed by atoms with Gasteiger partial charge >= 0.3 is 0 Å². The topological polar surface area (TPSA) is 73.6 Å². The highest BCUT2D eigenvalue weighted by molar-refractivity contribution is 5.93. The molecule has 0 bridgehead atoms. The van der Waals surface area contributed by atoms with E-state index in [1.54, 1.807) is 12.1 Å². The fourth-order valence-corrected chi connectivity index (χ4v) is 1.97. The molecule has 0 aromatic heterocycles. The number of rotatable bonds is 3. The molecule has 1 saturated heterocycles. The average molecular weight is 264 g/mol. The lowest BCUT2D eigenvalue weighted by Crippen LogP contribution is -2.45. The highest BCUT2D eigenvalue weighted by atomic mass is 16.7. The van der Waals surface area contributed by atoms with E-state index in [9.17, 15) is 4.79 Å². The smallest absolute Gasteiger partial charge is 0.248 e. The highest BCUT2D eigenvalue weighted by Crippen LogP contribution is 2.22. The first-order valence-corrected chi connectivity index (χ1v) is 6.32. The summed E-state index contributed by atoms with van der Waals surface area (Å²) in [6.45, 7) is 6.91. The number of hydrogen-bond acceptors (Lipinski definition) is 4. The first kappa shape index (κ1) is 13.8. The van der Waals surface area contributed by atoms with E-state index in [1.165, 1.54) is 0 Å². The number of primary amides is 1. The van der Waals surface area contributed by atoms with Gasteiger partial charge in [0.2, 0.25) is 5.91 Å². The van der Waals surface area contributed by atoms with E-state index in [-0.39, 0.29) is 6.04 Å². The van der Waals surface area contributed by atoms with Gasteiger partial charge in [-0.3, -0.25) is 4.79 Å². The van der Waals surface area contributed by atoms with E-state index >= 15 is 0 Å². The van der Waals surface area contributed by atoms with Crippen LogP contribution in [0.4, 0.5) is 5.69 Å². The first-order valence-electron chi connectivity index (χ1n) is 6.32. The van der Waals surface area contributed by atoms with Crippen molar-refractivity contribution in [2.45, 2.75) is 32.6 Å². The van der Waals surface area contributed by atoms with E-state index in [1.807, 2.05) is 26.8 Å². The summed E-state index contributed by atoms with van der Waals surface area (Å²) in [5, 5.41) is 3.35. The molecule has 1 aromatic carbocycles. The Morgan fingerprint density at radius 2 is 2.00 bits per heavy atom. The lowest BCUT2D eigenvalue weighted by molar-refractivity contribution is -0.247. The zero-order chi connectivity index (χ0) is 14.0. The van der Waals surface area contributed by atoms with Crippen LogP contribution in [0.15, 0.2) is 18.2 Å². The normalized spacial score (nSPS) is 19.1. The second kappa shape index (κ2) is 5.19. The lowest BCUT2D eigenvalue weighted by Gasteiger charge is -2.35. The van der Waals surface area contributed by atoms with Gasteiger partial charge in [-0.05, 0) is 44.5 Å². The average Bonchev–Trinajstić information content (AvgIpc) is 2.34. The van der Waals surface area contributed by atoms with Crippen molar-refractivity contribution in [3.05, 3.63) is 29.3 Å². The molecule has 19 heavy (non-hydrogen) atoms. The number of aryl methyl sites for hydroxylation is 1. The van der Waals surface area contributed by atoms with Gasteiger partial charge in [0.05, 0.1) is 19.3 Å². The van der Waals surface area contributed by atoms with Crippen molar-refractivity contribution < 1.29 is 14.3 Å². The Labute approximate surface area is 113 Å². The molecule has 1 heterocycles. The minimum atomic E-state index is -0.511. The zero-order valence-electron chi connectivity index (χ0n) is 11.5. The van der Waals surface area contributed by atoms with Crippen LogP contribution in [0.2, 0.25) is 0 Å². The molecule has 5 nitrogen and oxygen atoms in total. The van der Waals surface area contributed by atoms with Crippen molar-refractivity contribution in [1.82, 2.24) is 0 Å². The van der Waals surface area contributed by atoms with Crippen molar-refractivity contribution in [2.24, 2.45) is 5.73 Å². The monoisotopic (exact) mass is 264 g/mol. The van der Waals surface area contributed by atoms with Gasteiger partial charge in [0.15, 0.2) is 5.79 Å². The molecule has 0 radical (unpaired) electrons. The number of carbonyl (C=O) groups is 1. The Morgan fingerprint density at radius 3 is 2.53 bits per heavy atom. The van der Waals surface area contributed by atoms with Crippen molar-refractivity contribution in [1.29, 1.82) is 0 Å². The summed E-state index contributed by atoms with van der Waals surface area (Å²) in [7, 11) is 0. The maximum absolute atomic E-state index is 11.1. The molecule has 3 N–H and O–H groups in total. The maximum Gasteiger partial charge on any atom is 0.248 e. The number of anilines is 1. The SMILES string of the molecule is Cc1cc(C(N)=O)ccc1NC1COC(C)(C)OC1. The molecule has 2 rings (SSSR count). The van der Waals surface area contributed by atoms with Gasteiger partial charge in [0, 0.05) is 11.3 Å². The second-order valence-corrected chi connectivity index (χ2v) is 5.26. The van der Waals surface area contributed by atoms with Gasteiger partial charge in [0.25, 0.3) is 0 Å². The quantitative estimate of drug-likeness (QED) is 0.870. The van der Waals surface area contributed by atoms with Gasteiger partial charge < -0.3 is 20.5 Å². The molecular weight excluding hydrogens is 244 g/mol. The van der Waals surface area contributed by atoms with Crippen LogP contribution < -0.4 is 11.1 Å². The van der Waals surface area contributed by atoms with Crippen molar-refractivity contribution in [3.8, 4) is 0 Å². The standard InChI is InChI=1S/C14H20N2O3/c1-9-6-10(13(15)17)4-5-12(9)16-11-7-18-14(2,3)19-8-11/h4-6,11,16H,7-8H2,1-3H3,(H2,15,17). The third-order valence-corrected chi connectivity index (χ3v) is 3.13. The lowest BCUT2D eigenvalue weighted by atomic mass is 10.1. The number of nitrogens with two attached hydrogens (primary N) is 1. The summed E-state index contributed by atoms with van der Waals surface area (Å²) in [6, 6.07) is 5.45.